The van der Waals surface area contributed by atoms with Gasteiger partial charge in [-0.2, -0.15) is 0 Å². The first-order chi connectivity index (χ1) is 13.4. The lowest BCUT2D eigenvalue weighted by atomic mass is 10.1. The second-order valence-corrected chi connectivity index (χ2v) is 9.68. The van der Waals surface area contributed by atoms with Crippen molar-refractivity contribution in [1.82, 2.24) is 19.8 Å². The number of benzene rings is 1. The van der Waals surface area contributed by atoms with Gasteiger partial charge in [-0.1, -0.05) is 30.3 Å². The lowest BCUT2D eigenvalue weighted by molar-refractivity contribution is 0.248. The molecule has 1 heterocycles. The Morgan fingerprint density at radius 3 is 2.50 bits per heavy atom. The number of guanidine groups is 1. The molecule has 7 nitrogen and oxygen atoms in total. The fraction of sp³-hybridized carbons (Fsp3) is 0.650. The minimum Gasteiger partial charge on any atom is -0.355 e. The molecular weight excluding hydrogens is 374 g/mol. The molecule has 2 rings (SSSR count). The van der Waals surface area contributed by atoms with E-state index in [0.717, 1.165) is 31.9 Å². The van der Waals surface area contributed by atoms with Crippen LogP contribution >= 0.6 is 0 Å². The molecule has 1 aromatic rings. The van der Waals surface area contributed by atoms with Crippen molar-refractivity contribution in [3.8, 4) is 0 Å². The quantitative estimate of drug-likeness (QED) is 0.502. The highest BCUT2D eigenvalue weighted by molar-refractivity contribution is 7.89. The molecular formula is C20H35N5O2S. The van der Waals surface area contributed by atoms with E-state index in [9.17, 15) is 8.42 Å². The highest BCUT2D eigenvalue weighted by Gasteiger charge is 2.27. The van der Waals surface area contributed by atoms with Gasteiger partial charge < -0.3 is 10.6 Å². The summed E-state index contributed by atoms with van der Waals surface area (Å²) < 4.78 is 25.6. The number of hydrogen-bond donors (Lipinski definition) is 2. The maximum atomic E-state index is 12.0. The van der Waals surface area contributed by atoms with E-state index in [2.05, 4.69) is 58.8 Å². The zero-order chi connectivity index (χ0) is 20.6. The number of sulfonamides is 1. The van der Waals surface area contributed by atoms with Crippen molar-refractivity contribution in [3.05, 3.63) is 35.9 Å². The van der Waals surface area contributed by atoms with Crippen LogP contribution in [0.25, 0.3) is 0 Å². The molecule has 0 amide bonds. The van der Waals surface area contributed by atoms with E-state index in [1.165, 1.54) is 5.56 Å². The van der Waals surface area contributed by atoms with Crippen LogP contribution in [-0.4, -0.2) is 75.1 Å². The molecule has 8 heteroatoms. The number of nitrogens with zero attached hydrogens (tertiary/aromatic N) is 3. The van der Waals surface area contributed by atoms with Crippen molar-refractivity contribution in [2.24, 2.45) is 4.99 Å². The van der Waals surface area contributed by atoms with Crippen molar-refractivity contribution in [1.29, 1.82) is 0 Å². The highest BCUT2D eigenvalue weighted by atomic mass is 32.2. The molecule has 0 aliphatic carbocycles. The maximum absolute atomic E-state index is 12.0. The molecule has 1 unspecified atom stereocenters. The van der Waals surface area contributed by atoms with Gasteiger partial charge in [0.1, 0.15) is 0 Å². The third-order valence-corrected chi connectivity index (χ3v) is 7.25. The SMILES string of the molecule is CCS(=O)(=O)N1CCC(NC(=NC)NCC(C)N(C)Cc2ccccc2)CC1. The second kappa shape index (κ2) is 10.8. The van der Waals surface area contributed by atoms with Gasteiger partial charge in [-0.15, -0.1) is 0 Å². The second-order valence-electron chi connectivity index (χ2n) is 7.42. The maximum Gasteiger partial charge on any atom is 0.213 e. The van der Waals surface area contributed by atoms with Crippen LogP contribution < -0.4 is 10.6 Å². The van der Waals surface area contributed by atoms with Crippen LogP contribution in [0, 0.1) is 0 Å². The summed E-state index contributed by atoms with van der Waals surface area (Å²) in [5, 5.41) is 6.84. The number of aliphatic imine (C=N–C) groups is 1. The monoisotopic (exact) mass is 409 g/mol. The van der Waals surface area contributed by atoms with E-state index in [4.69, 9.17) is 0 Å². The Hall–Kier alpha value is -1.64. The highest BCUT2D eigenvalue weighted by Crippen LogP contribution is 2.14. The smallest absolute Gasteiger partial charge is 0.213 e. The molecule has 0 saturated carbocycles. The van der Waals surface area contributed by atoms with Gasteiger partial charge in [0, 0.05) is 45.3 Å². The van der Waals surface area contributed by atoms with Crippen molar-refractivity contribution in [2.45, 2.75) is 45.3 Å². The number of likely N-dealkylation sites (N-methyl/N-ethyl adjacent to an activating group) is 1. The lowest BCUT2D eigenvalue weighted by Crippen LogP contribution is -2.51. The minimum atomic E-state index is -3.08. The largest absolute Gasteiger partial charge is 0.355 e. The standard InChI is InChI=1S/C20H35N5O2S/c1-5-28(26,27)25-13-11-19(12-14-25)23-20(21-3)22-15-17(2)24(4)16-18-9-7-6-8-10-18/h6-10,17,19H,5,11-16H2,1-4H3,(H2,21,22,23). The first-order valence-electron chi connectivity index (χ1n) is 10.0. The van der Waals surface area contributed by atoms with Crippen LogP contribution in [0.4, 0.5) is 0 Å². The van der Waals surface area contributed by atoms with Gasteiger partial charge >= 0.3 is 0 Å². The molecule has 1 atom stereocenters. The van der Waals surface area contributed by atoms with Crippen molar-refractivity contribution >= 4 is 16.0 Å². The molecule has 28 heavy (non-hydrogen) atoms. The number of nitrogens with one attached hydrogen (secondary N) is 2. The van der Waals surface area contributed by atoms with Crippen LogP contribution in [0.5, 0.6) is 0 Å². The van der Waals surface area contributed by atoms with Gasteiger partial charge in [0.2, 0.25) is 10.0 Å². The zero-order valence-electron chi connectivity index (χ0n) is 17.6. The molecule has 1 aliphatic rings. The Kier molecular flexibility index (Phi) is 8.72. The van der Waals surface area contributed by atoms with Gasteiger partial charge in [0.15, 0.2) is 5.96 Å². The fourth-order valence-electron chi connectivity index (χ4n) is 3.28. The Labute approximate surface area is 170 Å². The summed E-state index contributed by atoms with van der Waals surface area (Å²) in [5.41, 5.74) is 1.30. The van der Waals surface area contributed by atoms with Gasteiger partial charge in [0.25, 0.3) is 0 Å². The summed E-state index contributed by atoms with van der Waals surface area (Å²) in [6.45, 7) is 6.72. The average Bonchev–Trinajstić information content (AvgIpc) is 2.71. The van der Waals surface area contributed by atoms with E-state index < -0.39 is 10.0 Å². The van der Waals surface area contributed by atoms with Gasteiger partial charge in [0.05, 0.1) is 5.75 Å². The molecule has 1 aromatic carbocycles. The molecule has 1 fully saturated rings. The molecule has 0 radical (unpaired) electrons. The molecule has 0 spiro atoms. The average molecular weight is 410 g/mol. The van der Waals surface area contributed by atoms with E-state index in [-0.39, 0.29) is 11.8 Å². The van der Waals surface area contributed by atoms with E-state index >= 15 is 0 Å². The van der Waals surface area contributed by atoms with E-state index in [1.807, 2.05) is 6.07 Å². The summed E-state index contributed by atoms with van der Waals surface area (Å²) >= 11 is 0. The summed E-state index contributed by atoms with van der Waals surface area (Å²) in [5.74, 6) is 0.944. The Balaban J connectivity index is 1.75. The molecule has 2 N–H and O–H groups in total. The van der Waals surface area contributed by atoms with Gasteiger partial charge in [-0.05, 0) is 39.3 Å². The van der Waals surface area contributed by atoms with Crippen molar-refractivity contribution < 1.29 is 8.42 Å². The summed E-state index contributed by atoms with van der Waals surface area (Å²) in [7, 11) is 0.811. The van der Waals surface area contributed by atoms with E-state index in [0.29, 0.717) is 19.1 Å². The summed E-state index contributed by atoms with van der Waals surface area (Å²) in [6.07, 6.45) is 1.59. The van der Waals surface area contributed by atoms with Crippen LogP contribution in [-0.2, 0) is 16.6 Å². The molecule has 0 aromatic heterocycles. The van der Waals surface area contributed by atoms with Crippen molar-refractivity contribution in [3.63, 3.8) is 0 Å². The molecule has 1 saturated heterocycles. The summed E-state index contributed by atoms with van der Waals surface area (Å²) in [6, 6.07) is 11.0. The number of rotatable bonds is 8. The van der Waals surface area contributed by atoms with Crippen molar-refractivity contribution in [2.75, 3.05) is 39.5 Å². The van der Waals surface area contributed by atoms with E-state index in [1.54, 1.807) is 18.3 Å². The topological polar surface area (TPSA) is 77.0 Å². The van der Waals surface area contributed by atoms with Crippen LogP contribution in [0.1, 0.15) is 32.3 Å². The Morgan fingerprint density at radius 2 is 1.93 bits per heavy atom. The predicted molar refractivity (Wildman–Crippen MR) is 116 cm³/mol. The van der Waals surface area contributed by atoms with Crippen LogP contribution in [0.3, 0.4) is 0 Å². The third kappa shape index (κ3) is 6.76. The molecule has 1 aliphatic heterocycles. The minimum absolute atomic E-state index is 0.169. The normalized spacial score (nSPS) is 18.2. The molecule has 0 bridgehead atoms. The number of piperidine rings is 1. The first kappa shape index (κ1) is 22.6. The number of hydrogen-bond acceptors (Lipinski definition) is 4. The molecule has 158 valence electrons. The first-order valence-corrected chi connectivity index (χ1v) is 11.7. The zero-order valence-corrected chi connectivity index (χ0v) is 18.4. The summed E-state index contributed by atoms with van der Waals surface area (Å²) in [4.78, 5) is 6.63. The predicted octanol–water partition coefficient (Wildman–Crippen LogP) is 1.49. The third-order valence-electron chi connectivity index (χ3n) is 5.37. The lowest BCUT2D eigenvalue weighted by Gasteiger charge is -2.32. The van der Waals surface area contributed by atoms with Crippen LogP contribution in [0.15, 0.2) is 35.3 Å². The van der Waals surface area contributed by atoms with Crippen LogP contribution in [0.2, 0.25) is 0 Å². The van der Waals surface area contributed by atoms with Gasteiger partial charge in [-0.25, -0.2) is 12.7 Å². The Morgan fingerprint density at radius 1 is 1.29 bits per heavy atom. The fourth-order valence-corrected chi connectivity index (χ4v) is 4.41. The Bertz CT molecular complexity index is 715. The van der Waals surface area contributed by atoms with Gasteiger partial charge in [-0.3, -0.25) is 9.89 Å².